The third kappa shape index (κ3) is 4.04. The Kier molecular flexibility index (Phi) is 5.92. The van der Waals surface area contributed by atoms with E-state index in [2.05, 4.69) is 5.32 Å². The van der Waals surface area contributed by atoms with Crippen molar-refractivity contribution in [1.29, 1.82) is 0 Å². The van der Waals surface area contributed by atoms with Crippen LogP contribution in [0.1, 0.15) is 22.7 Å². The van der Waals surface area contributed by atoms with E-state index in [4.69, 9.17) is 9.47 Å². The van der Waals surface area contributed by atoms with Gasteiger partial charge < -0.3 is 14.8 Å². The summed E-state index contributed by atoms with van der Waals surface area (Å²) in [5, 5.41) is 3.25. The van der Waals surface area contributed by atoms with Crippen LogP contribution in [0.4, 0.5) is 13.2 Å². The summed E-state index contributed by atoms with van der Waals surface area (Å²) < 4.78 is 52.3. The van der Waals surface area contributed by atoms with Crippen LogP contribution in [0.3, 0.4) is 0 Å². The second-order valence-electron chi connectivity index (χ2n) is 6.35. The van der Waals surface area contributed by atoms with Crippen molar-refractivity contribution >= 4 is 0 Å². The summed E-state index contributed by atoms with van der Waals surface area (Å²) in [5.74, 6) is 1.02. The maximum absolute atomic E-state index is 13.8. The molecule has 0 amide bonds. The lowest BCUT2D eigenvalue weighted by atomic mass is 9.91. The normalized spacial score (nSPS) is 16.8. The number of methoxy groups -OCH3 is 2. The molecule has 1 unspecified atom stereocenters. The van der Waals surface area contributed by atoms with Crippen molar-refractivity contribution in [2.45, 2.75) is 12.2 Å². The van der Waals surface area contributed by atoms with Gasteiger partial charge in [-0.1, -0.05) is 24.3 Å². The molecule has 1 aliphatic heterocycles. The Hall–Kier alpha value is -2.25. The first kappa shape index (κ1) is 19.5. The summed E-state index contributed by atoms with van der Waals surface area (Å²) in [5.41, 5.74) is 0.178. The molecular weight excluding hydrogens is 357 g/mol. The molecule has 1 aliphatic rings. The van der Waals surface area contributed by atoms with Gasteiger partial charge in [-0.2, -0.15) is 13.2 Å². The van der Waals surface area contributed by atoms with Crippen LogP contribution in [-0.2, 0) is 6.18 Å². The van der Waals surface area contributed by atoms with Crippen LogP contribution >= 0.6 is 0 Å². The second kappa shape index (κ2) is 8.19. The van der Waals surface area contributed by atoms with Crippen molar-refractivity contribution in [3.05, 3.63) is 59.2 Å². The highest BCUT2D eigenvalue weighted by atomic mass is 19.4. The van der Waals surface area contributed by atoms with Gasteiger partial charge in [-0.05, 0) is 23.8 Å². The van der Waals surface area contributed by atoms with E-state index in [1.54, 1.807) is 30.3 Å². The minimum Gasteiger partial charge on any atom is -0.496 e. The predicted octanol–water partition coefficient (Wildman–Crippen LogP) is 3.72. The lowest BCUT2D eigenvalue weighted by Crippen LogP contribution is -2.45. The highest BCUT2D eigenvalue weighted by Gasteiger charge is 2.38. The Morgan fingerprint density at radius 3 is 2.07 bits per heavy atom. The average Bonchev–Trinajstić information content (AvgIpc) is 2.68. The topological polar surface area (TPSA) is 33.7 Å². The molecule has 4 nitrogen and oxygen atoms in total. The molecule has 3 rings (SSSR count). The van der Waals surface area contributed by atoms with E-state index in [0.717, 1.165) is 6.07 Å². The van der Waals surface area contributed by atoms with Crippen LogP contribution in [-0.4, -0.2) is 45.3 Å². The van der Waals surface area contributed by atoms with Crippen LogP contribution in [0.5, 0.6) is 11.5 Å². The zero-order valence-electron chi connectivity index (χ0n) is 15.3. The Morgan fingerprint density at radius 2 is 1.52 bits per heavy atom. The fraction of sp³-hybridized carbons (Fsp3) is 0.400. The molecule has 1 N–H and O–H groups in total. The molecule has 1 heterocycles. The van der Waals surface area contributed by atoms with Gasteiger partial charge in [-0.3, -0.25) is 4.90 Å². The standard InChI is InChI=1S/C20H23F3N2O2/c1-26-16-8-5-9-17(27-2)18(16)19(25-12-10-24-11-13-25)14-6-3-4-7-15(14)20(21,22)23/h3-9,19,24H,10-13H2,1-2H3. The zero-order valence-corrected chi connectivity index (χ0v) is 15.3. The molecule has 0 aromatic heterocycles. The number of ether oxygens (including phenoxy) is 2. The fourth-order valence-corrected chi connectivity index (χ4v) is 3.62. The fourth-order valence-electron chi connectivity index (χ4n) is 3.62. The molecule has 0 radical (unpaired) electrons. The van der Waals surface area contributed by atoms with Crippen molar-refractivity contribution in [2.24, 2.45) is 0 Å². The third-order valence-corrected chi connectivity index (χ3v) is 4.82. The molecule has 2 aromatic carbocycles. The van der Waals surface area contributed by atoms with Gasteiger partial charge in [0, 0.05) is 26.2 Å². The summed E-state index contributed by atoms with van der Waals surface area (Å²) >= 11 is 0. The molecule has 0 spiro atoms. The van der Waals surface area contributed by atoms with Crippen molar-refractivity contribution in [3.8, 4) is 11.5 Å². The molecule has 0 aliphatic carbocycles. The molecule has 1 atom stereocenters. The molecule has 1 saturated heterocycles. The lowest BCUT2D eigenvalue weighted by Gasteiger charge is -2.37. The molecule has 1 fully saturated rings. The minimum absolute atomic E-state index is 0.203. The highest BCUT2D eigenvalue weighted by Crippen LogP contribution is 2.44. The van der Waals surface area contributed by atoms with Crippen LogP contribution < -0.4 is 14.8 Å². The van der Waals surface area contributed by atoms with Gasteiger partial charge in [0.05, 0.1) is 31.4 Å². The van der Waals surface area contributed by atoms with Crippen LogP contribution in [0.2, 0.25) is 0 Å². The van der Waals surface area contributed by atoms with Gasteiger partial charge in [0.1, 0.15) is 11.5 Å². The van der Waals surface area contributed by atoms with E-state index >= 15 is 0 Å². The van der Waals surface area contributed by atoms with Crippen LogP contribution in [0, 0.1) is 0 Å². The second-order valence-corrected chi connectivity index (χ2v) is 6.35. The molecule has 146 valence electrons. The van der Waals surface area contributed by atoms with Crippen LogP contribution in [0.25, 0.3) is 0 Å². The molecular formula is C20H23F3N2O2. The van der Waals surface area contributed by atoms with E-state index in [9.17, 15) is 13.2 Å². The molecule has 2 aromatic rings. The number of alkyl halides is 3. The third-order valence-electron chi connectivity index (χ3n) is 4.82. The number of halogens is 3. The van der Waals surface area contributed by atoms with E-state index in [1.807, 2.05) is 4.90 Å². The summed E-state index contributed by atoms with van der Waals surface area (Å²) in [4.78, 5) is 2.04. The summed E-state index contributed by atoms with van der Waals surface area (Å²) in [6, 6.07) is 10.4. The van der Waals surface area contributed by atoms with Crippen molar-refractivity contribution < 1.29 is 22.6 Å². The molecule has 0 bridgehead atoms. The van der Waals surface area contributed by atoms with E-state index in [1.165, 1.54) is 20.3 Å². The lowest BCUT2D eigenvalue weighted by molar-refractivity contribution is -0.138. The maximum Gasteiger partial charge on any atom is 0.416 e. The molecule has 27 heavy (non-hydrogen) atoms. The first-order valence-corrected chi connectivity index (χ1v) is 8.79. The number of hydrogen-bond acceptors (Lipinski definition) is 4. The smallest absolute Gasteiger partial charge is 0.416 e. The number of hydrogen-bond donors (Lipinski definition) is 1. The Bertz CT molecular complexity index is 752. The molecule has 0 saturated carbocycles. The van der Waals surface area contributed by atoms with Gasteiger partial charge >= 0.3 is 6.18 Å². The van der Waals surface area contributed by atoms with E-state index in [-0.39, 0.29) is 5.56 Å². The van der Waals surface area contributed by atoms with Gasteiger partial charge in [0.15, 0.2) is 0 Å². The van der Waals surface area contributed by atoms with Gasteiger partial charge in [-0.15, -0.1) is 0 Å². The minimum atomic E-state index is -4.45. The summed E-state index contributed by atoms with van der Waals surface area (Å²) in [6.45, 7) is 2.67. The monoisotopic (exact) mass is 380 g/mol. The summed E-state index contributed by atoms with van der Waals surface area (Å²) in [6.07, 6.45) is -4.45. The van der Waals surface area contributed by atoms with Crippen molar-refractivity contribution in [1.82, 2.24) is 10.2 Å². The Morgan fingerprint density at radius 1 is 0.926 bits per heavy atom. The predicted molar refractivity (Wildman–Crippen MR) is 97.3 cm³/mol. The van der Waals surface area contributed by atoms with Crippen molar-refractivity contribution in [2.75, 3.05) is 40.4 Å². The number of benzene rings is 2. The quantitative estimate of drug-likeness (QED) is 0.857. The first-order valence-electron chi connectivity index (χ1n) is 8.79. The SMILES string of the molecule is COc1cccc(OC)c1C(c1ccccc1C(F)(F)F)N1CCNCC1. The van der Waals surface area contributed by atoms with Crippen molar-refractivity contribution in [3.63, 3.8) is 0 Å². The molecule has 7 heteroatoms. The average molecular weight is 380 g/mol. The summed E-state index contributed by atoms with van der Waals surface area (Å²) in [7, 11) is 3.03. The Balaban J connectivity index is 2.24. The number of nitrogens with zero attached hydrogens (tertiary/aromatic N) is 1. The Labute approximate surface area is 156 Å². The van der Waals surface area contributed by atoms with Crippen LogP contribution in [0.15, 0.2) is 42.5 Å². The van der Waals surface area contributed by atoms with Gasteiger partial charge in [0.2, 0.25) is 0 Å². The largest absolute Gasteiger partial charge is 0.496 e. The van der Waals surface area contributed by atoms with Gasteiger partial charge in [0.25, 0.3) is 0 Å². The number of nitrogens with one attached hydrogen (secondary N) is 1. The maximum atomic E-state index is 13.8. The van der Waals surface area contributed by atoms with E-state index < -0.39 is 17.8 Å². The van der Waals surface area contributed by atoms with E-state index in [0.29, 0.717) is 43.2 Å². The number of piperazine rings is 1. The first-order chi connectivity index (χ1) is 13.0. The highest BCUT2D eigenvalue weighted by molar-refractivity contribution is 5.52. The number of rotatable bonds is 5. The zero-order chi connectivity index (χ0) is 19.4. The van der Waals surface area contributed by atoms with Gasteiger partial charge in [-0.25, -0.2) is 0 Å².